The molecule has 8 heteroatoms. The summed E-state index contributed by atoms with van der Waals surface area (Å²) in [6.07, 6.45) is 1.19. The fourth-order valence-corrected chi connectivity index (χ4v) is 2.04. The highest BCUT2D eigenvalue weighted by Crippen LogP contribution is 2.15. The molecule has 1 heterocycles. The summed E-state index contributed by atoms with van der Waals surface area (Å²) in [7, 11) is 2.76. The highest BCUT2D eigenvalue weighted by molar-refractivity contribution is 6.04. The first-order chi connectivity index (χ1) is 10.8. The van der Waals surface area contributed by atoms with Crippen LogP contribution in [0.15, 0.2) is 40.1 Å². The van der Waals surface area contributed by atoms with Crippen LogP contribution in [0.25, 0.3) is 0 Å². The van der Waals surface area contributed by atoms with Crippen molar-refractivity contribution >= 4 is 23.2 Å². The van der Waals surface area contributed by atoms with E-state index in [0.717, 1.165) is 9.13 Å². The van der Waals surface area contributed by atoms with E-state index >= 15 is 0 Å². The van der Waals surface area contributed by atoms with Gasteiger partial charge in [0.1, 0.15) is 5.56 Å². The summed E-state index contributed by atoms with van der Waals surface area (Å²) in [6, 6.07) is 6.50. The van der Waals surface area contributed by atoms with Gasteiger partial charge in [0, 0.05) is 38.6 Å². The van der Waals surface area contributed by atoms with Gasteiger partial charge in [-0.2, -0.15) is 0 Å². The van der Waals surface area contributed by atoms with Gasteiger partial charge in [0.2, 0.25) is 5.91 Å². The molecule has 8 nitrogen and oxygen atoms in total. The molecule has 0 bridgehead atoms. The van der Waals surface area contributed by atoms with Gasteiger partial charge in [0.15, 0.2) is 0 Å². The van der Waals surface area contributed by atoms with E-state index in [2.05, 4.69) is 10.6 Å². The number of aryl methyl sites for hydroxylation is 1. The average molecular weight is 316 g/mol. The van der Waals surface area contributed by atoms with E-state index in [9.17, 15) is 19.2 Å². The lowest BCUT2D eigenvalue weighted by Gasteiger charge is -2.09. The molecule has 2 aromatic rings. The number of amides is 2. The lowest BCUT2D eigenvalue weighted by atomic mass is 10.2. The molecule has 0 aliphatic heterocycles. The van der Waals surface area contributed by atoms with Crippen molar-refractivity contribution in [1.82, 2.24) is 9.13 Å². The zero-order chi connectivity index (χ0) is 17.1. The molecule has 0 saturated heterocycles. The Labute approximate surface area is 131 Å². The number of nitrogens with one attached hydrogen (secondary N) is 2. The van der Waals surface area contributed by atoms with Crippen LogP contribution in [-0.2, 0) is 18.9 Å². The third-order valence-corrected chi connectivity index (χ3v) is 3.13. The van der Waals surface area contributed by atoms with Gasteiger partial charge in [-0.25, -0.2) is 4.79 Å². The van der Waals surface area contributed by atoms with Crippen molar-refractivity contribution in [2.24, 2.45) is 14.1 Å². The Balaban J connectivity index is 2.32. The summed E-state index contributed by atoms with van der Waals surface area (Å²) >= 11 is 0. The van der Waals surface area contributed by atoms with Crippen LogP contribution in [0.4, 0.5) is 11.4 Å². The molecule has 2 rings (SSSR count). The fraction of sp³-hybridized carbons (Fsp3) is 0.200. The standard InChI is InChI=1S/C15H16N4O4/c1-9(20)16-10-5-4-6-11(7-10)17-13(21)12-8-18(2)15(23)19(3)14(12)22/h4-8H,1-3H3,(H,16,20)(H,17,21). The smallest absolute Gasteiger partial charge is 0.326 e. The van der Waals surface area contributed by atoms with Crippen molar-refractivity contribution in [2.45, 2.75) is 6.92 Å². The number of carbonyl (C=O) groups excluding carboxylic acids is 2. The second-order valence-electron chi connectivity index (χ2n) is 5.02. The highest BCUT2D eigenvalue weighted by Gasteiger charge is 2.15. The van der Waals surface area contributed by atoms with E-state index in [1.807, 2.05) is 0 Å². The van der Waals surface area contributed by atoms with E-state index in [1.54, 1.807) is 24.3 Å². The third-order valence-electron chi connectivity index (χ3n) is 3.13. The summed E-state index contributed by atoms with van der Waals surface area (Å²) in [6.45, 7) is 1.37. The first-order valence-electron chi connectivity index (χ1n) is 6.75. The zero-order valence-corrected chi connectivity index (χ0v) is 12.9. The molecule has 0 unspecified atom stereocenters. The fourth-order valence-electron chi connectivity index (χ4n) is 2.04. The molecule has 0 aliphatic carbocycles. The maximum atomic E-state index is 12.3. The number of nitrogens with zero attached hydrogens (tertiary/aromatic N) is 2. The number of aromatic nitrogens is 2. The van der Waals surface area contributed by atoms with E-state index in [1.165, 1.54) is 27.2 Å². The summed E-state index contributed by atoms with van der Waals surface area (Å²) in [5.74, 6) is -0.874. The maximum absolute atomic E-state index is 12.3. The van der Waals surface area contributed by atoms with E-state index in [-0.39, 0.29) is 11.5 Å². The predicted octanol–water partition coefficient (Wildman–Crippen LogP) is 0.295. The SMILES string of the molecule is CC(=O)Nc1cccc(NC(=O)c2cn(C)c(=O)n(C)c2=O)c1. The van der Waals surface area contributed by atoms with E-state index < -0.39 is 17.2 Å². The number of rotatable bonds is 3. The molecule has 120 valence electrons. The van der Waals surface area contributed by atoms with Gasteiger partial charge < -0.3 is 15.2 Å². The quantitative estimate of drug-likeness (QED) is 0.850. The Morgan fingerprint density at radius 2 is 1.65 bits per heavy atom. The van der Waals surface area contributed by atoms with E-state index in [4.69, 9.17) is 0 Å². The summed E-state index contributed by atoms with van der Waals surface area (Å²) in [4.78, 5) is 46.9. The minimum atomic E-state index is -0.677. The minimum Gasteiger partial charge on any atom is -0.326 e. The van der Waals surface area contributed by atoms with Crippen LogP contribution in [0, 0.1) is 0 Å². The van der Waals surface area contributed by atoms with Crippen LogP contribution in [0.2, 0.25) is 0 Å². The lowest BCUT2D eigenvalue weighted by molar-refractivity contribution is -0.114. The maximum Gasteiger partial charge on any atom is 0.330 e. The molecule has 0 fully saturated rings. The normalized spacial score (nSPS) is 10.2. The Morgan fingerprint density at radius 1 is 1.04 bits per heavy atom. The van der Waals surface area contributed by atoms with Crippen LogP contribution in [0.1, 0.15) is 17.3 Å². The number of hydrogen-bond acceptors (Lipinski definition) is 4. The van der Waals surface area contributed by atoms with Gasteiger partial charge >= 0.3 is 5.69 Å². The van der Waals surface area contributed by atoms with Crippen molar-refractivity contribution in [1.29, 1.82) is 0 Å². The number of carbonyl (C=O) groups is 2. The Morgan fingerprint density at radius 3 is 2.26 bits per heavy atom. The van der Waals surface area contributed by atoms with Crippen LogP contribution in [0.5, 0.6) is 0 Å². The molecule has 1 aromatic carbocycles. The Kier molecular flexibility index (Phi) is 4.44. The largest absolute Gasteiger partial charge is 0.330 e. The van der Waals surface area contributed by atoms with Crippen molar-refractivity contribution < 1.29 is 9.59 Å². The molecular formula is C15H16N4O4. The van der Waals surface area contributed by atoms with Gasteiger partial charge in [0.25, 0.3) is 11.5 Å². The highest BCUT2D eigenvalue weighted by atomic mass is 16.2. The first-order valence-corrected chi connectivity index (χ1v) is 6.75. The molecule has 0 radical (unpaired) electrons. The second-order valence-corrected chi connectivity index (χ2v) is 5.02. The summed E-state index contributed by atoms with van der Waals surface area (Å²) in [5, 5.41) is 5.16. The minimum absolute atomic E-state index is 0.153. The molecule has 0 saturated carbocycles. The van der Waals surface area contributed by atoms with Gasteiger partial charge in [-0.05, 0) is 18.2 Å². The van der Waals surface area contributed by atoms with Crippen molar-refractivity contribution in [3.05, 3.63) is 56.9 Å². The third kappa shape index (κ3) is 3.54. The molecular weight excluding hydrogens is 300 g/mol. The van der Waals surface area contributed by atoms with Gasteiger partial charge in [-0.1, -0.05) is 6.07 Å². The molecule has 2 amide bonds. The second kappa shape index (κ2) is 6.30. The Bertz CT molecular complexity index is 895. The van der Waals surface area contributed by atoms with Crippen molar-refractivity contribution in [3.8, 4) is 0 Å². The number of hydrogen-bond donors (Lipinski definition) is 2. The van der Waals surface area contributed by atoms with Crippen molar-refractivity contribution in [2.75, 3.05) is 10.6 Å². The summed E-state index contributed by atoms with van der Waals surface area (Å²) < 4.78 is 2.02. The molecule has 1 aromatic heterocycles. The van der Waals surface area contributed by atoms with Crippen LogP contribution < -0.4 is 21.9 Å². The molecule has 0 atom stereocenters. The lowest BCUT2D eigenvalue weighted by Crippen LogP contribution is -2.40. The molecule has 0 spiro atoms. The molecule has 23 heavy (non-hydrogen) atoms. The van der Waals surface area contributed by atoms with Crippen LogP contribution in [0.3, 0.4) is 0 Å². The topological polar surface area (TPSA) is 102 Å². The predicted molar refractivity (Wildman–Crippen MR) is 85.6 cm³/mol. The summed E-state index contributed by atoms with van der Waals surface area (Å²) in [5.41, 5.74) is -0.414. The van der Waals surface area contributed by atoms with Crippen LogP contribution >= 0.6 is 0 Å². The Hall–Kier alpha value is -3.16. The van der Waals surface area contributed by atoms with Crippen LogP contribution in [-0.4, -0.2) is 20.9 Å². The molecule has 2 N–H and O–H groups in total. The van der Waals surface area contributed by atoms with Gasteiger partial charge in [-0.3, -0.25) is 19.0 Å². The van der Waals surface area contributed by atoms with E-state index in [0.29, 0.717) is 11.4 Å². The average Bonchev–Trinajstić information content (AvgIpc) is 2.48. The zero-order valence-electron chi connectivity index (χ0n) is 12.9. The molecule has 0 aliphatic rings. The first kappa shape index (κ1) is 16.2. The van der Waals surface area contributed by atoms with Crippen molar-refractivity contribution in [3.63, 3.8) is 0 Å². The number of anilines is 2. The monoisotopic (exact) mass is 316 g/mol. The number of benzene rings is 1. The van der Waals surface area contributed by atoms with Gasteiger partial charge in [0.05, 0.1) is 0 Å². The van der Waals surface area contributed by atoms with Gasteiger partial charge in [-0.15, -0.1) is 0 Å².